The Morgan fingerprint density at radius 3 is 2.65 bits per heavy atom. The second-order valence-corrected chi connectivity index (χ2v) is 7.04. The summed E-state index contributed by atoms with van der Waals surface area (Å²) in [6.07, 6.45) is 2.62. The van der Waals surface area contributed by atoms with Gasteiger partial charge in [0, 0.05) is 32.2 Å². The zero-order valence-corrected chi connectivity index (χ0v) is 14.0. The van der Waals surface area contributed by atoms with Crippen molar-refractivity contribution in [3.8, 4) is 0 Å². The van der Waals surface area contributed by atoms with Gasteiger partial charge in [-0.2, -0.15) is 0 Å². The first-order chi connectivity index (χ1) is 9.38. The maximum atomic E-state index is 9.34. The first kappa shape index (κ1) is 17.9. The van der Waals surface area contributed by atoms with Gasteiger partial charge in [0.1, 0.15) is 0 Å². The summed E-state index contributed by atoms with van der Waals surface area (Å²) in [4.78, 5) is 2.46. The van der Waals surface area contributed by atoms with Crippen molar-refractivity contribution in [3.63, 3.8) is 0 Å². The average molecular weight is 286 g/mol. The van der Waals surface area contributed by atoms with Gasteiger partial charge in [-0.25, -0.2) is 0 Å². The molecule has 1 aliphatic heterocycles. The van der Waals surface area contributed by atoms with Crippen molar-refractivity contribution in [2.24, 2.45) is 5.41 Å². The number of nitrogens with zero attached hydrogens (tertiary/aromatic N) is 1. The molecule has 2 N–H and O–H groups in total. The average Bonchev–Trinajstić information content (AvgIpc) is 2.36. The highest BCUT2D eigenvalue weighted by Crippen LogP contribution is 2.26. The van der Waals surface area contributed by atoms with Gasteiger partial charge in [0.2, 0.25) is 0 Å². The number of ether oxygens (including phenoxy) is 1. The number of aliphatic hydroxyl groups excluding tert-OH is 1. The molecule has 3 unspecified atom stereocenters. The number of morpholine rings is 1. The Hall–Kier alpha value is -0.160. The number of rotatable bonds is 8. The highest BCUT2D eigenvalue weighted by Gasteiger charge is 2.31. The fraction of sp³-hybridized carbons (Fsp3) is 1.00. The van der Waals surface area contributed by atoms with Crippen LogP contribution in [0.25, 0.3) is 0 Å². The van der Waals surface area contributed by atoms with Gasteiger partial charge in [-0.05, 0) is 18.8 Å². The van der Waals surface area contributed by atoms with Crippen molar-refractivity contribution in [1.29, 1.82) is 0 Å². The van der Waals surface area contributed by atoms with E-state index < -0.39 is 0 Å². The van der Waals surface area contributed by atoms with Crippen LogP contribution >= 0.6 is 0 Å². The summed E-state index contributed by atoms with van der Waals surface area (Å²) in [5, 5.41) is 12.9. The van der Waals surface area contributed by atoms with Crippen LogP contribution in [-0.4, -0.2) is 61.0 Å². The molecule has 1 saturated heterocycles. The summed E-state index contributed by atoms with van der Waals surface area (Å²) in [5.41, 5.74) is 0.288. The number of nitrogens with one attached hydrogen (secondary N) is 1. The predicted molar refractivity (Wildman–Crippen MR) is 84.0 cm³/mol. The minimum Gasteiger partial charge on any atom is -0.394 e. The number of hydrogen-bond donors (Lipinski definition) is 2. The maximum absolute atomic E-state index is 9.34. The number of hydrogen-bond acceptors (Lipinski definition) is 4. The van der Waals surface area contributed by atoms with Crippen LogP contribution in [-0.2, 0) is 4.74 Å². The first-order valence-electron chi connectivity index (χ1n) is 8.10. The second-order valence-electron chi connectivity index (χ2n) is 7.04. The zero-order chi connectivity index (χ0) is 15.2. The van der Waals surface area contributed by atoms with Crippen molar-refractivity contribution in [3.05, 3.63) is 0 Å². The molecule has 1 heterocycles. The minimum atomic E-state index is -0.0253. The highest BCUT2D eigenvalue weighted by atomic mass is 16.5. The van der Waals surface area contributed by atoms with Gasteiger partial charge in [0.15, 0.2) is 0 Å². The van der Waals surface area contributed by atoms with E-state index in [2.05, 4.69) is 44.8 Å². The lowest BCUT2D eigenvalue weighted by molar-refractivity contribution is -0.102. The van der Waals surface area contributed by atoms with Crippen molar-refractivity contribution < 1.29 is 9.84 Å². The van der Waals surface area contributed by atoms with Crippen molar-refractivity contribution in [2.45, 2.75) is 65.7 Å². The molecule has 4 heteroatoms. The summed E-state index contributed by atoms with van der Waals surface area (Å²) in [6, 6.07) is 0.528. The van der Waals surface area contributed by atoms with Crippen LogP contribution in [0.1, 0.15) is 47.5 Å². The number of aliphatic hydroxyl groups is 1. The van der Waals surface area contributed by atoms with E-state index in [-0.39, 0.29) is 24.2 Å². The molecule has 0 spiro atoms. The minimum absolute atomic E-state index is 0.0253. The van der Waals surface area contributed by atoms with E-state index in [1.807, 2.05) is 0 Å². The molecule has 4 nitrogen and oxygen atoms in total. The fourth-order valence-electron chi connectivity index (χ4n) is 3.19. The summed E-state index contributed by atoms with van der Waals surface area (Å²) in [7, 11) is 0. The van der Waals surface area contributed by atoms with E-state index in [4.69, 9.17) is 4.74 Å². The zero-order valence-electron chi connectivity index (χ0n) is 14.0. The van der Waals surface area contributed by atoms with Gasteiger partial charge in [-0.1, -0.05) is 34.1 Å². The first-order valence-corrected chi connectivity index (χ1v) is 8.10. The maximum Gasteiger partial charge on any atom is 0.0936 e. The van der Waals surface area contributed by atoms with E-state index in [0.717, 1.165) is 26.2 Å². The molecule has 0 saturated carbocycles. The molecule has 0 aliphatic carbocycles. The lowest BCUT2D eigenvalue weighted by atomic mass is 9.84. The molecule has 1 fully saturated rings. The van der Waals surface area contributed by atoms with Gasteiger partial charge >= 0.3 is 0 Å². The van der Waals surface area contributed by atoms with Crippen LogP contribution in [0.5, 0.6) is 0 Å². The Morgan fingerprint density at radius 2 is 2.10 bits per heavy atom. The lowest BCUT2D eigenvalue weighted by Gasteiger charge is -2.42. The largest absolute Gasteiger partial charge is 0.394 e. The predicted octanol–water partition coefficient (Wildman–Crippen LogP) is 1.87. The Labute approximate surface area is 124 Å². The second kappa shape index (κ2) is 8.32. The van der Waals surface area contributed by atoms with Crippen LogP contribution in [0.15, 0.2) is 0 Å². The summed E-state index contributed by atoms with van der Waals surface area (Å²) in [6.45, 7) is 15.2. The Bertz CT molecular complexity index is 273. The smallest absolute Gasteiger partial charge is 0.0936 e. The molecule has 1 rings (SSSR count). The Morgan fingerprint density at radius 1 is 1.40 bits per heavy atom. The van der Waals surface area contributed by atoms with Gasteiger partial charge in [-0.3, -0.25) is 4.90 Å². The third-order valence-corrected chi connectivity index (χ3v) is 4.00. The lowest BCUT2D eigenvalue weighted by Crippen LogP contribution is -2.52. The van der Waals surface area contributed by atoms with Crippen LogP contribution < -0.4 is 5.32 Å². The van der Waals surface area contributed by atoms with Crippen LogP contribution in [0.3, 0.4) is 0 Å². The topological polar surface area (TPSA) is 44.7 Å². The van der Waals surface area contributed by atoms with Gasteiger partial charge in [0.05, 0.1) is 18.8 Å². The van der Waals surface area contributed by atoms with Gasteiger partial charge in [0.25, 0.3) is 0 Å². The highest BCUT2D eigenvalue weighted by molar-refractivity contribution is 4.85. The van der Waals surface area contributed by atoms with Crippen molar-refractivity contribution in [1.82, 2.24) is 10.2 Å². The summed E-state index contributed by atoms with van der Waals surface area (Å²) >= 11 is 0. The molecule has 0 aromatic carbocycles. The van der Waals surface area contributed by atoms with Gasteiger partial charge < -0.3 is 15.2 Å². The van der Waals surface area contributed by atoms with Crippen LogP contribution in [0.2, 0.25) is 0 Å². The standard InChI is InChI=1S/C16H34N2O2/c1-6-7-16(5,11-17-13(2)3)12-18-8-14(4)20-15(9-18)10-19/h13-15,17,19H,6-12H2,1-5H3. The molecule has 20 heavy (non-hydrogen) atoms. The quantitative estimate of drug-likeness (QED) is 0.715. The van der Waals surface area contributed by atoms with E-state index in [9.17, 15) is 5.11 Å². The Balaban J connectivity index is 2.58. The summed E-state index contributed by atoms with van der Waals surface area (Å²) in [5.74, 6) is 0. The molecule has 120 valence electrons. The third-order valence-electron chi connectivity index (χ3n) is 4.00. The molecule has 0 aromatic rings. The third kappa shape index (κ3) is 6.08. The molecule has 0 radical (unpaired) electrons. The van der Waals surface area contributed by atoms with Crippen molar-refractivity contribution in [2.75, 3.05) is 32.8 Å². The molecule has 1 aliphatic rings. The van der Waals surface area contributed by atoms with E-state index in [1.165, 1.54) is 12.8 Å². The van der Waals surface area contributed by atoms with Gasteiger partial charge in [-0.15, -0.1) is 0 Å². The van der Waals surface area contributed by atoms with E-state index in [0.29, 0.717) is 6.04 Å². The van der Waals surface area contributed by atoms with Crippen molar-refractivity contribution >= 4 is 0 Å². The Kier molecular flexibility index (Phi) is 7.45. The van der Waals surface area contributed by atoms with Crippen LogP contribution in [0.4, 0.5) is 0 Å². The fourth-order valence-corrected chi connectivity index (χ4v) is 3.19. The molecule has 0 amide bonds. The monoisotopic (exact) mass is 286 g/mol. The van der Waals surface area contributed by atoms with Crippen LogP contribution in [0, 0.1) is 5.41 Å². The molecule has 0 bridgehead atoms. The van der Waals surface area contributed by atoms with E-state index in [1.54, 1.807) is 0 Å². The molecular weight excluding hydrogens is 252 g/mol. The normalized spacial score (nSPS) is 27.8. The molecule has 0 aromatic heterocycles. The molecule has 3 atom stereocenters. The van der Waals surface area contributed by atoms with E-state index >= 15 is 0 Å². The SMILES string of the molecule is CCCC(C)(CNC(C)C)CN1CC(C)OC(CO)C1. The summed E-state index contributed by atoms with van der Waals surface area (Å²) < 4.78 is 5.73. The molecular formula is C16H34N2O2.